The molecule has 0 saturated heterocycles. The van der Waals surface area contributed by atoms with Gasteiger partial charge in [-0.2, -0.15) is 0 Å². The summed E-state index contributed by atoms with van der Waals surface area (Å²) in [5, 5.41) is 7.64. The van der Waals surface area contributed by atoms with Gasteiger partial charge in [-0.25, -0.2) is 0 Å². The van der Waals surface area contributed by atoms with Gasteiger partial charge in [0.25, 0.3) is 0 Å². The topological polar surface area (TPSA) is 29.5 Å². The number of hydrogen-bond donors (Lipinski definition) is 1. The summed E-state index contributed by atoms with van der Waals surface area (Å²) in [4.78, 5) is 0. The second kappa shape index (κ2) is 12.9. The fourth-order valence-electron chi connectivity index (χ4n) is 0.555. The number of halogens is 3. The highest BCUT2D eigenvalue weighted by Crippen LogP contribution is 2.12. The lowest BCUT2D eigenvalue weighted by molar-refractivity contribution is 0.00909. The molecule has 2 nitrogen and oxygen atoms in total. The van der Waals surface area contributed by atoms with Crippen molar-refractivity contribution in [3.8, 4) is 0 Å². The minimum atomic E-state index is 0. The lowest BCUT2D eigenvalue weighted by Gasteiger charge is -2.22. The first-order valence-corrected chi connectivity index (χ1v) is 5.78. The molecule has 0 aliphatic rings. The molecule has 0 aromatic rings. The Bertz CT molecular complexity index is 109. The van der Waals surface area contributed by atoms with E-state index >= 15 is 0 Å². The summed E-state index contributed by atoms with van der Waals surface area (Å²) in [5.74, 6) is 0. The lowest BCUT2D eigenvalue weighted by atomic mass is 10.2. The summed E-state index contributed by atoms with van der Waals surface area (Å²) < 4.78 is 5.51. The normalized spacial score (nSPS) is 17.6. The van der Waals surface area contributed by atoms with E-state index in [2.05, 4.69) is 0 Å². The van der Waals surface area contributed by atoms with Crippen LogP contribution in [0.4, 0.5) is 0 Å². The van der Waals surface area contributed by atoms with Crippen LogP contribution in [-0.4, -0.2) is 34.7 Å². The zero-order valence-corrected chi connectivity index (χ0v) is 12.4. The van der Waals surface area contributed by atoms with Gasteiger partial charge in [-0.05, 0) is 34.6 Å². The van der Waals surface area contributed by atoms with Crippen molar-refractivity contribution in [2.24, 2.45) is 0 Å². The van der Waals surface area contributed by atoms with E-state index in [1.807, 2.05) is 27.7 Å². The Morgan fingerprint density at radius 1 is 1.00 bits per heavy atom. The SMILES string of the molecule is CC(Cl)C(C)OC(C)C(C)Cl.CCO.Cl. The van der Waals surface area contributed by atoms with E-state index in [0.29, 0.717) is 0 Å². The molecule has 5 heteroatoms. The van der Waals surface area contributed by atoms with Gasteiger partial charge < -0.3 is 9.84 Å². The van der Waals surface area contributed by atoms with Gasteiger partial charge in [0, 0.05) is 6.61 Å². The first-order valence-electron chi connectivity index (χ1n) is 4.91. The van der Waals surface area contributed by atoms with Crippen LogP contribution in [-0.2, 0) is 4.74 Å². The first-order chi connectivity index (χ1) is 6.36. The van der Waals surface area contributed by atoms with Gasteiger partial charge in [-0.15, -0.1) is 35.6 Å². The van der Waals surface area contributed by atoms with Crippen molar-refractivity contribution in [1.82, 2.24) is 0 Å². The molecule has 15 heavy (non-hydrogen) atoms. The molecular formula is C10H23Cl3O2. The van der Waals surface area contributed by atoms with Crippen LogP contribution in [0.25, 0.3) is 0 Å². The van der Waals surface area contributed by atoms with E-state index in [1.54, 1.807) is 6.92 Å². The van der Waals surface area contributed by atoms with Gasteiger partial charge >= 0.3 is 0 Å². The predicted molar refractivity (Wildman–Crippen MR) is 70.6 cm³/mol. The van der Waals surface area contributed by atoms with Crippen LogP contribution < -0.4 is 0 Å². The number of rotatable bonds is 4. The van der Waals surface area contributed by atoms with E-state index in [1.165, 1.54) is 0 Å². The highest BCUT2D eigenvalue weighted by Gasteiger charge is 2.16. The molecule has 0 saturated carbocycles. The summed E-state index contributed by atoms with van der Waals surface area (Å²) in [6.07, 6.45) is 0.126. The minimum absolute atomic E-state index is 0. The van der Waals surface area contributed by atoms with Crippen molar-refractivity contribution in [2.45, 2.75) is 57.6 Å². The summed E-state index contributed by atoms with van der Waals surface area (Å²) in [5.41, 5.74) is 0. The van der Waals surface area contributed by atoms with Crippen LogP contribution in [0.15, 0.2) is 0 Å². The van der Waals surface area contributed by atoms with Crippen LogP contribution in [0.3, 0.4) is 0 Å². The molecule has 4 unspecified atom stereocenters. The monoisotopic (exact) mass is 280 g/mol. The number of alkyl halides is 2. The van der Waals surface area contributed by atoms with Gasteiger partial charge in [0.05, 0.1) is 23.0 Å². The molecule has 0 radical (unpaired) electrons. The Hall–Kier alpha value is 0.790. The van der Waals surface area contributed by atoms with Crippen molar-refractivity contribution in [1.29, 1.82) is 0 Å². The van der Waals surface area contributed by atoms with Gasteiger partial charge in [0.2, 0.25) is 0 Å². The third-order valence-electron chi connectivity index (χ3n) is 1.72. The molecule has 0 spiro atoms. The van der Waals surface area contributed by atoms with Crippen molar-refractivity contribution in [2.75, 3.05) is 6.61 Å². The standard InChI is InChI=1S/C8H16Cl2O.C2H6O.ClH/c1-5(9)7(3)11-8(4)6(2)10;1-2-3;/h5-8H,1-4H3;3H,2H2,1H3;1H. The van der Waals surface area contributed by atoms with Crippen molar-refractivity contribution >= 4 is 35.6 Å². The quantitative estimate of drug-likeness (QED) is 0.800. The Labute approximate surface area is 110 Å². The van der Waals surface area contributed by atoms with Gasteiger partial charge in [-0.1, -0.05) is 0 Å². The second-order valence-corrected chi connectivity index (χ2v) is 4.59. The van der Waals surface area contributed by atoms with E-state index in [-0.39, 0.29) is 42.0 Å². The average Bonchev–Trinajstić information content (AvgIpc) is 2.05. The molecule has 0 amide bonds. The van der Waals surface area contributed by atoms with E-state index in [4.69, 9.17) is 33.0 Å². The largest absolute Gasteiger partial charge is 0.397 e. The van der Waals surface area contributed by atoms with Crippen molar-refractivity contribution in [3.63, 3.8) is 0 Å². The Balaban J connectivity index is -0.000000320. The maximum Gasteiger partial charge on any atom is 0.0712 e. The molecule has 4 atom stereocenters. The predicted octanol–water partition coefficient (Wildman–Crippen LogP) is 3.46. The number of aliphatic hydroxyl groups excluding tert-OH is 1. The second-order valence-electron chi connectivity index (χ2n) is 3.22. The number of aliphatic hydroxyl groups is 1. The molecule has 0 aromatic heterocycles. The smallest absolute Gasteiger partial charge is 0.0712 e. The number of ether oxygens (including phenoxy) is 1. The molecule has 0 heterocycles. The Kier molecular flexibility index (Phi) is 18.1. The van der Waals surface area contributed by atoms with E-state index in [9.17, 15) is 0 Å². The van der Waals surface area contributed by atoms with E-state index < -0.39 is 0 Å². The van der Waals surface area contributed by atoms with Crippen LogP contribution in [0.1, 0.15) is 34.6 Å². The number of hydrogen-bond acceptors (Lipinski definition) is 2. The summed E-state index contributed by atoms with van der Waals surface area (Å²) in [6, 6.07) is 0. The van der Waals surface area contributed by atoms with Gasteiger partial charge in [0.1, 0.15) is 0 Å². The molecule has 0 bridgehead atoms. The summed E-state index contributed by atoms with van der Waals surface area (Å²) in [6.45, 7) is 9.66. The highest BCUT2D eigenvalue weighted by molar-refractivity contribution is 6.21. The summed E-state index contributed by atoms with van der Waals surface area (Å²) in [7, 11) is 0. The van der Waals surface area contributed by atoms with Gasteiger partial charge in [-0.3, -0.25) is 0 Å². The summed E-state index contributed by atoms with van der Waals surface area (Å²) >= 11 is 11.6. The highest BCUT2D eigenvalue weighted by atomic mass is 35.5. The zero-order valence-electron chi connectivity index (χ0n) is 10.0. The van der Waals surface area contributed by atoms with Crippen LogP contribution in [0.5, 0.6) is 0 Å². The van der Waals surface area contributed by atoms with Crippen LogP contribution >= 0.6 is 35.6 Å². The van der Waals surface area contributed by atoms with Crippen molar-refractivity contribution < 1.29 is 9.84 Å². The minimum Gasteiger partial charge on any atom is -0.397 e. The lowest BCUT2D eigenvalue weighted by Crippen LogP contribution is -2.28. The maximum absolute atomic E-state index is 7.57. The molecule has 96 valence electrons. The van der Waals surface area contributed by atoms with E-state index in [0.717, 1.165) is 0 Å². The molecule has 0 aromatic carbocycles. The fourth-order valence-corrected chi connectivity index (χ4v) is 0.674. The van der Waals surface area contributed by atoms with Gasteiger partial charge in [0.15, 0.2) is 0 Å². The molecule has 0 aliphatic carbocycles. The van der Waals surface area contributed by atoms with Crippen LogP contribution in [0.2, 0.25) is 0 Å². The third kappa shape index (κ3) is 14.8. The molecule has 0 rings (SSSR count). The third-order valence-corrected chi connectivity index (χ3v) is 2.43. The molecule has 0 fully saturated rings. The zero-order chi connectivity index (χ0) is 11.7. The van der Waals surface area contributed by atoms with Crippen LogP contribution in [0, 0.1) is 0 Å². The van der Waals surface area contributed by atoms with Crippen molar-refractivity contribution in [3.05, 3.63) is 0 Å². The maximum atomic E-state index is 7.57. The Morgan fingerprint density at radius 3 is 1.33 bits per heavy atom. The first kappa shape index (κ1) is 21.1. The molecule has 0 aliphatic heterocycles. The molecule has 1 N–H and O–H groups in total. The molecular weight excluding hydrogens is 258 g/mol. The Morgan fingerprint density at radius 2 is 1.20 bits per heavy atom. The average molecular weight is 282 g/mol. The fraction of sp³-hybridized carbons (Fsp3) is 1.00.